The number of likely N-dealkylation sites (N-methyl/N-ethyl adjacent to an activating group) is 1. The molecule has 2 aromatic carbocycles. The van der Waals surface area contributed by atoms with Crippen LogP contribution in [0.4, 0.5) is 5.69 Å². The summed E-state index contributed by atoms with van der Waals surface area (Å²) in [5, 5.41) is 22.7. The number of nitrogens with one attached hydrogen (secondary N) is 5. The Morgan fingerprint density at radius 3 is 2.34 bits per heavy atom. The third-order valence-corrected chi connectivity index (χ3v) is 9.71. The number of rotatable bonds is 8. The van der Waals surface area contributed by atoms with Crippen LogP contribution < -0.4 is 32.3 Å². The summed E-state index contributed by atoms with van der Waals surface area (Å²) in [5.41, 5.74) is 8.28. The van der Waals surface area contributed by atoms with Crippen LogP contribution in [0.15, 0.2) is 60.8 Å². The Morgan fingerprint density at radius 2 is 1.68 bits per heavy atom. The number of hydrogen-bond acceptors (Lipinski definition) is 9. The zero-order chi connectivity index (χ0) is 38.2. The van der Waals surface area contributed by atoms with Crippen molar-refractivity contribution in [2.24, 2.45) is 11.7 Å². The van der Waals surface area contributed by atoms with E-state index in [4.69, 9.17) is 5.73 Å². The van der Waals surface area contributed by atoms with Crippen LogP contribution in [0.1, 0.15) is 56.5 Å². The van der Waals surface area contributed by atoms with Crippen LogP contribution in [-0.4, -0.2) is 99.1 Å². The summed E-state index contributed by atoms with van der Waals surface area (Å²) in [5.74, 6) is -3.41. The summed E-state index contributed by atoms with van der Waals surface area (Å²) in [6.45, 7) is 5.35. The Morgan fingerprint density at radius 1 is 0.962 bits per heavy atom. The average molecular weight is 729 g/mol. The van der Waals surface area contributed by atoms with Crippen molar-refractivity contribution in [3.63, 3.8) is 0 Å². The number of carbonyl (C=O) groups excluding carboxylic acids is 6. The minimum atomic E-state index is -1.15. The third kappa shape index (κ3) is 9.83. The van der Waals surface area contributed by atoms with Gasteiger partial charge in [0.15, 0.2) is 0 Å². The maximum absolute atomic E-state index is 14.3. The number of amides is 6. The monoisotopic (exact) mass is 728 g/mol. The Balaban J connectivity index is 1.51. The van der Waals surface area contributed by atoms with Gasteiger partial charge in [0.1, 0.15) is 24.2 Å². The molecule has 4 heterocycles. The number of carbonyl (C=O) groups is 6. The fourth-order valence-electron chi connectivity index (χ4n) is 6.45. The number of anilines is 1. The van der Waals surface area contributed by atoms with Gasteiger partial charge >= 0.3 is 0 Å². The molecule has 0 saturated carbocycles. The first-order valence-corrected chi connectivity index (χ1v) is 17.8. The van der Waals surface area contributed by atoms with E-state index < -0.39 is 59.9 Å². The number of aryl methyl sites for hydroxylation is 1. The van der Waals surface area contributed by atoms with Gasteiger partial charge in [-0.15, -0.1) is 5.10 Å². The minimum Gasteiger partial charge on any atom is -0.368 e. The van der Waals surface area contributed by atoms with Gasteiger partial charge in [-0.05, 0) is 43.1 Å². The number of nitrogens with two attached hydrogens (primary N) is 1. The molecule has 282 valence electrons. The standard InChI is InChI=1S/C37H48N10O6/c1-21(2)32(43-34(50)22(3)39-4)37(53)46-20-27-18-30(46)36(52)42-29(17-23-8-6-5-7-9-23)35(51)41-28(33(38)49)16-24-10-12-25(13-11-24)40-31(48)15-14-26-19-47(27)45-44-26/h5-13,19,21-22,27-30,32,39H,14-18,20H2,1-4H3,(H2,38,49)(H,40,48)(H,41,51)(H,42,52)(H,43,50)/t22-,27-,28-,29-,30-,32-/m0/s1. The van der Waals surface area contributed by atoms with Crippen molar-refractivity contribution in [3.05, 3.63) is 77.6 Å². The molecule has 6 amide bonds. The fourth-order valence-corrected chi connectivity index (χ4v) is 6.45. The van der Waals surface area contributed by atoms with E-state index in [1.54, 1.807) is 63.0 Å². The van der Waals surface area contributed by atoms with Crippen molar-refractivity contribution >= 4 is 41.1 Å². The molecule has 0 radical (unpaired) electrons. The normalized spacial score (nSPS) is 22.2. The minimum absolute atomic E-state index is 0.0653. The highest BCUT2D eigenvalue weighted by Crippen LogP contribution is 2.29. The highest BCUT2D eigenvalue weighted by Gasteiger charge is 2.45. The highest BCUT2D eigenvalue weighted by atomic mass is 16.2. The second-order valence-electron chi connectivity index (χ2n) is 14.0. The quantitative estimate of drug-likeness (QED) is 0.183. The molecule has 3 aliphatic heterocycles. The molecule has 6 rings (SSSR count). The summed E-state index contributed by atoms with van der Waals surface area (Å²) in [6, 6.07) is 10.6. The van der Waals surface area contributed by atoms with E-state index in [1.807, 2.05) is 30.3 Å². The molecule has 6 bridgehead atoms. The summed E-state index contributed by atoms with van der Waals surface area (Å²) < 4.78 is 1.58. The number of likely N-dealkylation sites (tertiary alicyclic amines) is 1. The largest absolute Gasteiger partial charge is 0.368 e. The van der Waals surface area contributed by atoms with Crippen LogP contribution in [0, 0.1) is 5.92 Å². The Bertz CT molecular complexity index is 1800. The molecule has 1 saturated heterocycles. The molecule has 0 spiro atoms. The highest BCUT2D eigenvalue weighted by molar-refractivity contribution is 5.96. The van der Waals surface area contributed by atoms with Gasteiger partial charge in [-0.25, -0.2) is 4.68 Å². The molecule has 3 aliphatic rings. The topological polar surface area (TPSA) is 223 Å². The van der Waals surface area contributed by atoms with Crippen molar-refractivity contribution in [1.82, 2.24) is 41.2 Å². The van der Waals surface area contributed by atoms with Gasteiger partial charge in [-0.3, -0.25) is 28.8 Å². The Kier molecular flexibility index (Phi) is 12.6. The lowest BCUT2D eigenvalue weighted by Gasteiger charge is -2.32. The Labute approximate surface area is 308 Å². The fraction of sp³-hybridized carbons (Fsp3) is 0.459. The first-order valence-electron chi connectivity index (χ1n) is 17.8. The second kappa shape index (κ2) is 17.3. The number of aromatic nitrogens is 3. The lowest BCUT2D eigenvalue weighted by atomic mass is 10.0. The van der Waals surface area contributed by atoms with E-state index in [1.165, 1.54) is 4.90 Å². The summed E-state index contributed by atoms with van der Waals surface area (Å²) >= 11 is 0. The number of nitrogens with zero attached hydrogens (tertiary/aromatic N) is 4. The van der Waals surface area contributed by atoms with E-state index in [0.717, 1.165) is 5.56 Å². The van der Waals surface area contributed by atoms with Crippen LogP contribution >= 0.6 is 0 Å². The zero-order valence-corrected chi connectivity index (χ0v) is 30.4. The molecule has 1 aromatic heterocycles. The summed E-state index contributed by atoms with van der Waals surface area (Å²) in [6.07, 6.45) is 2.40. The molecular formula is C37H48N10O6. The van der Waals surface area contributed by atoms with E-state index >= 15 is 0 Å². The van der Waals surface area contributed by atoms with E-state index in [0.29, 0.717) is 23.4 Å². The molecule has 16 nitrogen and oxygen atoms in total. The van der Waals surface area contributed by atoms with Gasteiger partial charge in [0, 0.05) is 50.5 Å². The van der Waals surface area contributed by atoms with Crippen LogP contribution in [0.5, 0.6) is 0 Å². The van der Waals surface area contributed by atoms with Gasteiger partial charge < -0.3 is 37.2 Å². The number of benzene rings is 2. The van der Waals surface area contributed by atoms with Gasteiger partial charge in [-0.1, -0.05) is 61.5 Å². The average Bonchev–Trinajstić information content (AvgIpc) is 3.80. The SMILES string of the molecule is CN[C@@H](C)C(=O)N[C@H](C(=O)N1C[C@@H]2C[C@H]1C(=O)N[C@@H](Cc1ccccc1)C(=O)N[C@H](C(N)=O)Cc1ccc(cc1)NC(=O)CCc1cn2nn1)C(C)C. The van der Waals surface area contributed by atoms with Crippen LogP contribution in [0.3, 0.4) is 0 Å². The van der Waals surface area contributed by atoms with Crippen LogP contribution in [0.25, 0.3) is 0 Å². The number of primary amides is 1. The van der Waals surface area contributed by atoms with E-state index in [9.17, 15) is 28.8 Å². The van der Waals surface area contributed by atoms with Crippen LogP contribution in [0.2, 0.25) is 0 Å². The third-order valence-electron chi connectivity index (χ3n) is 9.71. The van der Waals surface area contributed by atoms with Crippen molar-refractivity contribution < 1.29 is 28.8 Å². The van der Waals surface area contributed by atoms with Crippen LogP contribution in [-0.2, 0) is 48.0 Å². The molecule has 0 aliphatic carbocycles. The van der Waals surface area contributed by atoms with Crippen molar-refractivity contribution in [2.75, 3.05) is 18.9 Å². The van der Waals surface area contributed by atoms with E-state index in [-0.39, 0.29) is 50.0 Å². The van der Waals surface area contributed by atoms with E-state index in [2.05, 4.69) is 36.9 Å². The molecule has 6 atom stereocenters. The van der Waals surface area contributed by atoms with Crippen molar-refractivity contribution in [2.45, 2.75) is 89.1 Å². The molecule has 7 N–H and O–H groups in total. The van der Waals surface area contributed by atoms with Gasteiger partial charge in [0.05, 0.1) is 17.8 Å². The molecule has 1 fully saturated rings. The smallest absolute Gasteiger partial charge is 0.246 e. The van der Waals surface area contributed by atoms with Crippen molar-refractivity contribution in [3.8, 4) is 0 Å². The number of fused-ring (bicyclic) bond motifs is 11. The van der Waals surface area contributed by atoms with Gasteiger partial charge in [0.25, 0.3) is 0 Å². The summed E-state index contributed by atoms with van der Waals surface area (Å²) in [4.78, 5) is 82.4. The summed E-state index contributed by atoms with van der Waals surface area (Å²) in [7, 11) is 1.64. The molecule has 16 heteroatoms. The molecular weight excluding hydrogens is 680 g/mol. The lowest BCUT2D eigenvalue weighted by Crippen LogP contribution is -2.59. The molecule has 53 heavy (non-hydrogen) atoms. The Hall–Kier alpha value is -5.64. The second-order valence-corrected chi connectivity index (χ2v) is 14.0. The predicted molar refractivity (Wildman–Crippen MR) is 195 cm³/mol. The lowest BCUT2D eigenvalue weighted by molar-refractivity contribution is -0.143. The molecule has 0 unspecified atom stereocenters. The number of hydrogen-bond donors (Lipinski definition) is 6. The molecule has 3 aromatic rings. The predicted octanol–water partition coefficient (Wildman–Crippen LogP) is -0.00620. The zero-order valence-electron chi connectivity index (χ0n) is 30.4. The maximum Gasteiger partial charge on any atom is 0.246 e. The van der Waals surface area contributed by atoms with Gasteiger partial charge in [-0.2, -0.15) is 0 Å². The van der Waals surface area contributed by atoms with Gasteiger partial charge in [0.2, 0.25) is 35.4 Å². The first kappa shape index (κ1) is 38.6. The van der Waals surface area contributed by atoms with Crippen molar-refractivity contribution in [1.29, 1.82) is 0 Å². The first-order chi connectivity index (χ1) is 25.3. The maximum atomic E-state index is 14.3.